The fourth-order valence-corrected chi connectivity index (χ4v) is 2.68. The minimum atomic E-state index is 1.01. The highest BCUT2D eigenvalue weighted by atomic mass is 14.2. The number of unbranched alkanes of at least 4 members (excludes halogenated alkanes) is 2. The Bertz CT molecular complexity index is 117. The molecule has 2 unspecified atom stereocenters. The molecule has 78 valence electrons. The van der Waals surface area contributed by atoms with E-state index in [1.54, 1.807) is 0 Å². The zero-order valence-corrected chi connectivity index (χ0v) is 9.52. The van der Waals surface area contributed by atoms with Crippen LogP contribution < -0.4 is 0 Å². The van der Waals surface area contributed by atoms with Crippen molar-refractivity contribution in [1.29, 1.82) is 0 Å². The zero-order chi connectivity index (χ0) is 9.52. The maximum absolute atomic E-state index is 2.44. The highest BCUT2D eigenvalue weighted by Crippen LogP contribution is 2.30. The van der Waals surface area contributed by atoms with Crippen LogP contribution in [-0.4, -0.2) is 0 Å². The van der Waals surface area contributed by atoms with Gasteiger partial charge in [0.2, 0.25) is 0 Å². The standard InChI is InChI=1S/C13H26/c1-3-4-5-9-13-10-7-6-8-12(2)11-13/h12-13H,3-11H2,1-2H3. The van der Waals surface area contributed by atoms with Gasteiger partial charge in [0.1, 0.15) is 0 Å². The summed E-state index contributed by atoms with van der Waals surface area (Å²) in [5, 5.41) is 0. The Labute approximate surface area is 84.1 Å². The predicted molar refractivity (Wildman–Crippen MR) is 59.9 cm³/mol. The second-order valence-electron chi connectivity index (χ2n) is 4.99. The van der Waals surface area contributed by atoms with E-state index >= 15 is 0 Å². The van der Waals surface area contributed by atoms with E-state index in [1.165, 1.54) is 57.8 Å². The van der Waals surface area contributed by atoms with E-state index < -0.39 is 0 Å². The molecule has 0 nitrogen and oxygen atoms in total. The van der Waals surface area contributed by atoms with Gasteiger partial charge >= 0.3 is 0 Å². The van der Waals surface area contributed by atoms with Gasteiger partial charge in [0.15, 0.2) is 0 Å². The van der Waals surface area contributed by atoms with Gasteiger partial charge in [-0.25, -0.2) is 0 Å². The Kier molecular flexibility index (Phi) is 5.50. The van der Waals surface area contributed by atoms with Crippen molar-refractivity contribution in [2.24, 2.45) is 11.8 Å². The van der Waals surface area contributed by atoms with Crippen LogP contribution in [0.25, 0.3) is 0 Å². The van der Waals surface area contributed by atoms with Crippen molar-refractivity contribution in [2.75, 3.05) is 0 Å². The average molecular weight is 182 g/mol. The summed E-state index contributed by atoms with van der Waals surface area (Å²) in [4.78, 5) is 0. The molecule has 1 aliphatic carbocycles. The molecule has 0 heterocycles. The maximum Gasteiger partial charge on any atom is -0.0412 e. The first-order valence-corrected chi connectivity index (χ1v) is 6.33. The fraction of sp³-hybridized carbons (Fsp3) is 1.00. The summed E-state index contributed by atoms with van der Waals surface area (Å²) < 4.78 is 0. The summed E-state index contributed by atoms with van der Waals surface area (Å²) in [6.45, 7) is 4.74. The lowest BCUT2D eigenvalue weighted by Crippen LogP contribution is -2.03. The number of rotatable bonds is 4. The zero-order valence-electron chi connectivity index (χ0n) is 9.52. The highest BCUT2D eigenvalue weighted by molar-refractivity contribution is 4.68. The van der Waals surface area contributed by atoms with Crippen LogP contribution in [0.2, 0.25) is 0 Å². The van der Waals surface area contributed by atoms with E-state index in [-0.39, 0.29) is 0 Å². The van der Waals surface area contributed by atoms with Gasteiger partial charge in [-0.1, -0.05) is 65.2 Å². The van der Waals surface area contributed by atoms with Crippen molar-refractivity contribution in [3.8, 4) is 0 Å². The van der Waals surface area contributed by atoms with E-state index in [1.807, 2.05) is 0 Å². The van der Waals surface area contributed by atoms with Crippen molar-refractivity contribution in [3.63, 3.8) is 0 Å². The normalized spacial score (nSPS) is 30.0. The molecule has 0 amide bonds. The van der Waals surface area contributed by atoms with E-state index in [4.69, 9.17) is 0 Å². The molecule has 13 heavy (non-hydrogen) atoms. The van der Waals surface area contributed by atoms with Crippen LogP contribution in [-0.2, 0) is 0 Å². The lowest BCUT2D eigenvalue weighted by atomic mass is 9.90. The van der Waals surface area contributed by atoms with Crippen LogP contribution in [0.3, 0.4) is 0 Å². The summed E-state index contributed by atoms with van der Waals surface area (Å²) in [5.41, 5.74) is 0. The van der Waals surface area contributed by atoms with Gasteiger partial charge in [0.25, 0.3) is 0 Å². The molecule has 0 aromatic rings. The summed E-state index contributed by atoms with van der Waals surface area (Å²) >= 11 is 0. The monoisotopic (exact) mass is 182 g/mol. The second kappa shape index (κ2) is 6.45. The second-order valence-corrected chi connectivity index (χ2v) is 4.99. The Morgan fingerprint density at radius 2 is 1.85 bits per heavy atom. The van der Waals surface area contributed by atoms with Crippen LogP contribution in [0.1, 0.15) is 71.6 Å². The van der Waals surface area contributed by atoms with Crippen molar-refractivity contribution in [2.45, 2.75) is 71.6 Å². The third kappa shape index (κ3) is 4.69. The van der Waals surface area contributed by atoms with Crippen molar-refractivity contribution < 1.29 is 0 Å². The summed E-state index contributed by atoms with van der Waals surface area (Å²) in [5.74, 6) is 2.08. The third-order valence-corrected chi connectivity index (χ3v) is 3.51. The molecule has 1 fully saturated rings. The van der Waals surface area contributed by atoms with E-state index in [9.17, 15) is 0 Å². The Morgan fingerprint density at radius 3 is 2.62 bits per heavy atom. The maximum atomic E-state index is 2.44. The number of hydrogen-bond donors (Lipinski definition) is 0. The largest absolute Gasteiger partial charge is 0.0654 e. The van der Waals surface area contributed by atoms with Crippen LogP contribution >= 0.6 is 0 Å². The van der Waals surface area contributed by atoms with Gasteiger partial charge < -0.3 is 0 Å². The molecule has 1 saturated carbocycles. The van der Waals surface area contributed by atoms with Gasteiger partial charge in [-0.2, -0.15) is 0 Å². The molecule has 0 saturated heterocycles. The molecule has 1 aliphatic rings. The molecule has 0 radical (unpaired) electrons. The first-order valence-electron chi connectivity index (χ1n) is 6.33. The van der Waals surface area contributed by atoms with Crippen molar-refractivity contribution >= 4 is 0 Å². The lowest BCUT2D eigenvalue weighted by molar-refractivity contribution is 0.363. The Morgan fingerprint density at radius 1 is 1.08 bits per heavy atom. The van der Waals surface area contributed by atoms with Crippen molar-refractivity contribution in [1.82, 2.24) is 0 Å². The number of hydrogen-bond acceptors (Lipinski definition) is 0. The molecular weight excluding hydrogens is 156 g/mol. The Balaban J connectivity index is 2.15. The van der Waals surface area contributed by atoms with Crippen molar-refractivity contribution in [3.05, 3.63) is 0 Å². The molecule has 0 aromatic carbocycles. The molecule has 1 rings (SSSR count). The molecule has 0 bridgehead atoms. The fourth-order valence-electron chi connectivity index (χ4n) is 2.68. The minimum Gasteiger partial charge on any atom is -0.0654 e. The van der Waals surface area contributed by atoms with Gasteiger partial charge in [-0.05, 0) is 18.3 Å². The molecule has 0 aliphatic heterocycles. The molecule has 0 heteroatoms. The van der Waals surface area contributed by atoms with Crippen LogP contribution in [0.5, 0.6) is 0 Å². The van der Waals surface area contributed by atoms with Gasteiger partial charge in [0.05, 0.1) is 0 Å². The molecule has 0 spiro atoms. The van der Waals surface area contributed by atoms with Crippen LogP contribution in [0.4, 0.5) is 0 Å². The third-order valence-electron chi connectivity index (χ3n) is 3.51. The molecule has 0 aromatic heterocycles. The van der Waals surface area contributed by atoms with E-state index in [2.05, 4.69) is 13.8 Å². The molecule has 2 atom stereocenters. The first-order chi connectivity index (χ1) is 6.33. The van der Waals surface area contributed by atoms with Crippen LogP contribution in [0, 0.1) is 11.8 Å². The quantitative estimate of drug-likeness (QED) is 0.433. The summed E-state index contributed by atoms with van der Waals surface area (Å²) in [7, 11) is 0. The minimum absolute atomic E-state index is 1.01. The van der Waals surface area contributed by atoms with Gasteiger partial charge in [-0.3, -0.25) is 0 Å². The van der Waals surface area contributed by atoms with E-state index in [0.717, 1.165) is 11.8 Å². The van der Waals surface area contributed by atoms with Gasteiger partial charge in [0, 0.05) is 0 Å². The average Bonchev–Trinajstić information content (AvgIpc) is 2.31. The topological polar surface area (TPSA) is 0 Å². The predicted octanol–water partition coefficient (Wildman–Crippen LogP) is 4.78. The SMILES string of the molecule is CCCCCC1CCCCC(C)C1. The highest BCUT2D eigenvalue weighted by Gasteiger charge is 2.16. The van der Waals surface area contributed by atoms with E-state index in [0.29, 0.717) is 0 Å². The molecular formula is C13H26. The first kappa shape index (κ1) is 11.1. The van der Waals surface area contributed by atoms with Crippen LogP contribution in [0.15, 0.2) is 0 Å². The van der Waals surface area contributed by atoms with Gasteiger partial charge in [-0.15, -0.1) is 0 Å². The molecule has 0 N–H and O–H groups in total. The smallest absolute Gasteiger partial charge is 0.0412 e. The summed E-state index contributed by atoms with van der Waals surface area (Å²) in [6.07, 6.45) is 13.3. The Hall–Kier alpha value is 0. The summed E-state index contributed by atoms with van der Waals surface area (Å²) in [6, 6.07) is 0. The lowest BCUT2D eigenvalue weighted by Gasteiger charge is -2.16.